The Bertz CT molecular complexity index is 712. The Balaban J connectivity index is 1.61. The van der Waals surface area contributed by atoms with Crippen molar-refractivity contribution in [3.05, 3.63) is 29.8 Å². The third-order valence-corrected chi connectivity index (χ3v) is 4.59. The number of carbonyl (C=O) groups is 3. The second-order valence-corrected chi connectivity index (χ2v) is 6.24. The number of nitrogens with one attached hydrogen (secondary N) is 1. The summed E-state index contributed by atoms with van der Waals surface area (Å²) in [5.74, 6) is -0.269. The number of cyclic esters (lactones) is 1. The van der Waals surface area contributed by atoms with Gasteiger partial charge < -0.3 is 20.2 Å². The molecule has 0 bridgehead atoms. The summed E-state index contributed by atoms with van der Waals surface area (Å²) in [7, 11) is 0. The summed E-state index contributed by atoms with van der Waals surface area (Å²) in [5.41, 5.74) is 6.57. The van der Waals surface area contributed by atoms with Crippen molar-refractivity contribution < 1.29 is 19.1 Å². The molecule has 2 heterocycles. The number of amidine groups is 1. The lowest BCUT2D eigenvalue weighted by Crippen LogP contribution is -2.52. The van der Waals surface area contributed by atoms with Crippen LogP contribution in [0.25, 0.3) is 0 Å². The Morgan fingerprint density at radius 2 is 1.88 bits per heavy atom. The molecule has 0 aromatic heterocycles. The van der Waals surface area contributed by atoms with E-state index >= 15 is 0 Å². The van der Waals surface area contributed by atoms with E-state index in [0.29, 0.717) is 44.0 Å². The van der Waals surface area contributed by atoms with Crippen LogP contribution in [0.15, 0.2) is 24.3 Å². The fourth-order valence-corrected chi connectivity index (χ4v) is 3.08. The molecular formula is C17H21N5O4. The molecule has 9 heteroatoms. The second-order valence-electron chi connectivity index (χ2n) is 6.24. The lowest BCUT2D eigenvalue weighted by atomic mass is 10.2. The summed E-state index contributed by atoms with van der Waals surface area (Å²) < 4.78 is 5.25. The largest absolute Gasteiger partial charge is 0.434 e. The molecule has 2 saturated heterocycles. The Labute approximate surface area is 150 Å². The molecule has 0 spiro atoms. The fraction of sp³-hybridized carbons (Fsp3) is 0.412. The summed E-state index contributed by atoms with van der Waals surface area (Å²) in [4.78, 5) is 40.4. The molecule has 2 aliphatic rings. The van der Waals surface area contributed by atoms with Crippen molar-refractivity contribution in [2.24, 2.45) is 5.73 Å². The van der Waals surface area contributed by atoms with Crippen LogP contribution in [0.5, 0.6) is 0 Å². The maximum Gasteiger partial charge on any atom is 0.415 e. The minimum Gasteiger partial charge on any atom is -0.434 e. The molecular weight excluding hydrogens is 338 g/mol. The number of nitrogen functional groups attached to an aromatic ring is 1. The van der Waals surface area contributed by atoms with E-state index in [9.17, 15) is 14.4 Å². The van der Waals surface area contributed by atoms with Crippen LogP contribution in [-0.4, -0.2) is 79.3 Å². The summed E-state index contributed by atoms with van der Waals surface area (Å²) in [5, 5.41) is 7.40. The number of nitrogens with two attached hydrogens (primary N) is 1. The van der Waals surface area contributed by atoms with Gasteiger partial charge in [-0.3, -0.25) is 20.0 Å². The highest BCUT2D eigenvalue weighted by Crippen LogP contribution is 2.23. The summed E-state index contributed by atoms with van der Waals surface area (Å²) in [6, 6.07) is 6.63. The van der Waals surface area contributed by atoms with Crippen LogP contribution in [0.1, 0.15) is 5.56 Å². The lowest BCUT2D eigenvalue weighted by molar-refractivity contribution is -0.140. The van der Waals surface area contributed by atoms with Gasteiger partial charge in [0, 0.05) is 37.4 Å². The highest BCUT2D eigenvalue weighted by Gasteiger charge is 2.39. The van der Waals surface area contributed by atoms with Gasteiger partial charge >= 0.3 is 6.09 Å². The Hall–Kier alpha value is -2.94. The molecule has 26 heavy (non-hydrogen) atoms. The smallest absolute Gasteiger partial charge is 0.415 e. The van der Waals surface area contributed by atoms with E-state index in [1.54, 1.807) is 29.2 Å². The van der Waals surface area contributed by atoms with Crippen LogP contribution >= 0.6 is 0 Å². The standard InChI is InChI=1S/C17H21N5O4/c18-15(19)12-1-3-13(4-2-12)22-11-14(26-17(22)25)16(24)21-7-5-20(6-8-21)9-10-23/h1-4,10,14H,5-9,11H2,(H3,18,19). The summed E-state index contributed by atoms with van der Waals surface area (Å²) in [6.07, 6.45) is -0.558. The number of rotatable bonds is 5. The van der Waals surface area contributed by atoms with Gasteiger partial charge in [-0.25, -0.2) is 4.79 Å². The van der Waals surface area contributed by atoms with E-state index in [4.69, 9.17) is 15.9 Å². The molecule has 2 fully saturated rings. The van der Waals surface area contributed by atoms with Crippen LogP contribution < -0.4 is 10.6 Å². The Morgan fingerprint density at radius 1 is 1.23 bits per heavy atom. The molecule has 1 unspecified atom stereocenters. The molecule has 3 N–H and O–H groups in total. The van der Waals surface area contributed by atoms with Crippen molar-refractivity contribution in [2.45, 2.75) is 6.10 Å². The third kappa shape index (κ3) is 3.67. The Morgan fingerprint density at radius 3 is 2.46 bits per heavy atom. The molecule has 1 aromatic rings. The molecule has 2 aliphatic heterocycles. The zero-order valence-electron chi connectivity index (χ0n) is 14.3. The molecule has 0 radical (unpaired) electrons. The number of carbonyl (C=O) groups excluding carboxylic acids is 3. The number of benzene rings is 1. The van der Waals surface area contributed by atoms with Gasteiger partial charge in [-0.05, 0) is 24.3 Å². The lowest BCUT2D eigenvalue weighted by Gasteiger charge is -2.34. The van der Waals surface area contributed by atoms with Crippen molar-refractivity contribution >= 4 is 29.8 Å². The van der Waals surface area contributed by atoms with Gasteiger partial charge in [0.1, 0.15) is 12.1 Å². The number of hydrogen-bond donors (Lipinski definition) is 2. The van der Waals surface area contributed by atoms with Gasteiger partial charge in [0.25, 0.3) is 5.91 Å². The van der Waals surface area contributed by atoms with Crippen LogP contribution in [0.4, 0.5) is 10.5 Å². The molecule has 138 valence electrons. The van der Waals surface area contributed by atoms with Crippen LogP contribution in [-0.2, 0) is 14.3 Å². The minimum absolute atomic E-state index is 0.0534. The zero-order chi connectivity index (χ0) is 18.7. The normalized spacial score (nSPS) is 20.8. The number of hydrogen-bond acceptors (Lipinski definition) is 6. The monoisotopic (exact) mass is 359 g/mol. The van der Waals surface area contributed by atoms with Crippen molar-refractivity contribution in [3.63, 3.8) is 0 Å². The predicted molar refractivity (Wildman–Crippen MR) is 94.2 cm³/mol. The number of piperazine rings is 1. The molecule has 3 rings (SSSR count). The molecule has 9 nitrogen and oxygen atoms in total. The average molecular weight is 359 g/mol. The van der Waals surface area contributed by atoms with Crippen molar-refractivity contribution in [3.8, 4) is 0 Å². The van der Waals surface area contributed by atoms with Gasteiger partial charge in [0.05, 0.1) is 13.1 Å². The van der Waals surface area contributed by atoms with Gasteiger partial charge in [-0.15, -0.1) is 0 Å². The molecule has 1 atom stereocenters. The van der Waals surface area contributed by atoms with Crippen LogP contribution in [0.3, 0.4) is 0 Å². The SMILES string of the molecule is N=C(N)c1ccc(N2CC(C(=O)N3CCN(CC=O)CC3)OC2=O)cc1. The van der Waals surface area contributed by atoms with E-state index in [1.807, 2.05) is 4.90 Å². The van der Waals surface area contributed by atoms with E-state index in [2.05, 4.69) is 0 Å². The van der Waals surface area contributed by atoms with E-state index in [1.165, 1.54) is 4.90 Å². The summed E-state index contributed by atoms with van der Waals surface area (Å²) >= 11 is 0. The Kier molecular flexibility index (Phi) is 5.17. The van der Waals surface area contributed by atoms with Crippen molar-refractivity contribution in [2.75, 3.05) is 44.2 Å². The molecule has 1 aromatic carbocycles. The maximum absolute atomic E-state index is 12.6. The maximum atomic E-state index is 12.6. The first-order valence-electron chi connectivity index (χ1n) is 8.37. The topological polar surface area (TPSA) is 120 Å². The summed E-state index contributed by atoms with van der Waals surface area (Å²) in [6.45, 7) is 2.78. The molecule has 0 aliphatic carbocycles. The number of nitrogens with zero attached hydrogens (tertiary/aromatic N) is 3. The number of amides is 2. The van der Waals surface area contributed by atoms with E-state index in [0.717, 1.165) is 6.29 Å². The van der Waals surface area contributed by atoms with Crippen LogP contribution in [0, 0.1) is 5.41 Å². The number of aldehydes is 1. The van der Waals surface area contributed by atoms with Crippen LogP contribution in [0.2, 0.25) is 0 Å². The number of anilines is 1. The highest BCUT2D eigenvalue weighted by molar-refractivity contribution is 5.97. The van der Waals surface area contributed by atoms with Gasteiger partial charge in [0.15, 0.2) is 6.10 Å². The van der Waals surface area contributed by atoms with Crippen molar-refractivity contribution in [1.82, 2.24) is 9.80 Å². The van der Waals surface area contributed by atoms with E-state index < -0.39 is 12.2 Å². The first-order chi connectivity index (χ1) is 12.5. The zero-order valence-corrected chi connectivity index (χ0v) is 14.3. The van der Waals surface area contributed by atoms with Gasteiger partial charge in [-0.1, -0.05) is 0 Å². The second kappa shape index (κ2) is 7.52. The quantitative estimate of drug-likeness (QED) is 0.421. The van der Waals surface area contributed by atoms with Gasteiger partial charge in [-0.2, -0.15) is 0 Å². The third-order valence-electron chi connectivity index (χ3n) is 4.59. The first kappa shape index (κ1) is 17.9. The fourth-order valence-electron chi connectivity index (χ4n) is 3.08. The molecule has 2 amide bonds. The highest BCUT2D eigenvalue weighted by atomic mass is 16.6. The first-order valence-corrected chi connectivity index (χ1v) is 8.37. The number of ether oxygens (including phenoxy) is 1. The molecule has 0 saturated carbocycles. The predicted octanol–water partition coefficient (Wildman–Crippen LogP) is -0.361. The van der Waals surface area contributed by atoms with Gasteiger partial charge in [0.2, 0.25) is 0 Å². The average Bonchev–Trinajstić information content (AvgIpc) is 3.04. The minimum atomic E-state index is -0.840. The van der Waals surface area contributed by atoms with E-state index in [-0.39, 0.29) is 18.3 Å². The van der Waals surface area contributed by atoms with Crippen molar-refractivity contribution in [1.29, 1.82) is 5.41 Å².